The molecule has 1 N–H and O–H groups in total. The first kappa shape index (κ1) is 23.4. The third-order valence-corrected chi connectivity index (χ3v) is 5.43. The second-order valence-electron chi connectivity index (χ2n) is 7.39. The lowest BCUT2D eigenvalue weighted by Crippen LogP contribution is -2.26. The molecule has 3 rings (SSSR count). The molecule has 8 nitrogen and oxygen atoms in total. The van der Waals surface area contributed by atoms with Crippen LogP contribution in [0, 0.1) is 0 Å². The van der Waals surface area contributed by atoms with Gasteiger partial charge in [-0.3, -0.25) is 9.59 Å². The predicted molar refractivity (Wildman–Crippen MR) is 120 cm³/mol. The first-order valence-corrected chi connectivity index (χ1v) is 10.3. The van der Waals surface area contributed by atoms with Gasteiger partial charge in [-0.05, 0) is 47.7 Å². The van der Waals surface area contributed by atoms with Crippen molar-refractivity contribution in [3.8, 4) is 34.1 Å². The summed E-state index contributed by atoms with van der Waals surface area (Å²) in [6.45, 7) is 2.15. The Hall–Kier alpha value is -3.26. The second-order valence-corrected chi connectivity index (χ2v) is 7.39. The molecule has 32 heavy (non-hydrogen) atoms. The van der Waals surface area contributed by atoms with Crippen molar-refractivity contribution in [2.24, 2.45) is 0 Å². The number of nitrogens with one attached hydrogen (secondary N) is 1. The van der Waals surface area contributed by atoms with E-state index in [1.54, 1.807) is 27.4 Å². The maximum Gasteiger partial charge on any atom is 0.220 e. The maximum absolute atomic E-state index is 12.8. The number of ether oxygens (including phenoxy) is 5. The molecule has 0 fully saturated rings. The van der Waals surface area contributed by atoms with Crippen molar-refractivity contribution in [3.05, 3.63) is 45.6 Å². The number of fused-ring (bicyclic) bond motifs is 3. The number of carbonyl (C=O) groups excluding carboxylic acids is 1. The van der Waals surface area contributed by atoms with Crippen LogP contribution in [-0.4, -0.2) is 47.6 Å². The summed E-state index contributed by atoms with van der Waals surface area (Å²) < 4.78 is 27.8. The number of benzene rings is 1. The fraction of sp³-hybridized carbons (Fsp3) is 0.417. The lowest BCUT2D eigenvalue weighted by Gasteiger charge is -2.21. The Balaban J connectivity index is 2.36. The van der Waals surface area contributed by atoms with E-state index in [1.165, 1.54) is 20.1 Å². The molecule has 0 saturated heterocycles. The molecule has 2 aromatic rings. The average molecular weight is 443 g/mol. The quantitative estimate of drug-likeness (QED) is 0.627. The summed E-state index contributed by atoms with van der Waals surface area (Å²) in [6.07, 6.45) is 1.23. The van der Waals surface area contributed by atoms with Gasteiger partial charge >= 0.3 is 0 Å². The van der Waals surface area contributed by atoms with Crippen LogP contribution in [0.4, 0.5) is 0 Å². The van der Waals surface area contributed by atoms with Crippen LogP contribution in [0.5, 0.6) is 23.0 Å². The van der Waals surface area contributed by atoms with Crippen LogP contribution in [0.25, 0.3) is 11.1 Å². The zero-order valence-corrected chi connectivity index (χ0v) is 19.1. The molecule has 1 amide bonds. The molecule has 1 atom stereocenters. The Bertz CT molecular complexity index is 1050. The molecule has 0 saturated carbocycles. The monoisotopic (exact) mass is 443 g/mol. The molecule has 0 radical (unpaired) electrons. The molecular weight excluding hydrogens is 414 g/mol. The van der Waals surface area contributed by atoms with Crippen molar-refractivity contribution in [2.75, 3.05) is 41.7 Å². The fourth-order valence-electron chi connectivity index (χ4n) is 4.03. The largest absolute Gasteiger partial charge is 0.493 e. The average Bonchev–Trinajstić information content (AvgIpc) is 3.02. The van der Waals surface area contributed by atoms with Gasteiger partial charge in [0, 0.05) is 19.6 Å². The van der Waals surface area contributed by atoms with E-state index in [0.717, 1.165) is 16.7 Å². The van der Waals surface area contributed by atoms with E-state index < -0.39 is 0 Å². The smallest absolute Gasteiger partial charge is 0.220 e. The third kappa shape index (κ3) is 4.65. The van der Waals surface area contributed by atoms with Gasteiger partial charge in [0.25, 0.3) is 0 Å². The standard InChI is InChI=1S/C24H29NO7/c1-14(26)25-18-8-6-15-12-21(30-4)23(31-5)24(32-11-10-28-2)22(15)16-7-9-20(29-3)19(27)13-17(16)18/h7,9,12-13,18H,6,8,10-11H2,1-5H3,(H,25,26). The maximum atomic E-state index is 12.8. The highest BCUT2D eigenvalue weighted by molar-refractivity contribution is 5.83. The highest BCUT2D eigenvalue weighted by Gasteiger charge is 2.29. The summed E-state index contributed by atoms with van der Waals surface area (Å²) in [5.74, 6) is 1.53. The minimum atomic E-state index is -0.358. The number of hydrogen-bond donors (Lipinski definition) is 1. The van der Waals surface area contributed by atoms with E-state index in [2.05, 4.69) is 5.32 Å². The Labute approximate surface area is 187 Å². The minimum absolute atomic E-state index is 0.176. The Morgan fingerprint density at radius 1 is 1.00 bits per heavy atom. The minimum Gasteiger partial charge on any atom is -0.493 e. The number of hydrogen-bond acceptors (Lipinski definition) is 7. The lowest BCUT2D eigenvalue weighted by atomic mass is 9.95. The van der Waals surface area contributed by atoms with E-state index >= 15 is 0 Å². The van der Waals surface area contributed by atoms with E-state index in [4.69, 9.17) is 23.7 Å². The number of methoxy groups -OCH3 is 4. The Kier molecular flexibility index (Phi) is 7.58. The SMILES string of the molecule is COCCOc1c(OC)c(OC)cc2c1-c1ccc(OC)c(=O)cc1C(NC(C)=O)CC2. The van der Waals surface area contributed by atoms with Crippen molar-refractivity contribution in [1.82, 2.24) is 5.32 Å². The van der Waals surface area contributed by atoms with Gasteiger partial charge in [0.15, 0.2) is 17.2 Å². The summed E-state index contributed by atoms with van der Waals surface area (Å²) in [7, 11) is 6.17. The van der Waals surface area contributed by atoms with Crippen LogP contribution in [0.15, 0.2) is 29.1 Å². The molecule has 0 heterocycles. The van der Waals surface area contributed by atoms with E-state index in [-0.39, 0.29) is 23.1 Å². The van der Waals surface area contributed by atoms with Crippen LogP contribution >= 0.6 is 0 Å². The topological polar surface area (TPSA) is 92.3 Å². The highest BCUT2D eigenvalue weighted by atomic mass is 16.5. The molecule has 1 aliphatic carbocycles. The van der Waals surface area contributed by atoms with Crippen molar-refractivity contribution < 1.29 is 28.5 Å². The number of carbonyl (C=O) groups is 1. The van der Waals surface area contributed by atoms with Gasteiger partial charge in [-0.25, -0.2) is 0 Å². The molecule has 2 aromatic carbocycles. The van der Waals surface area contributed by atoms with E-state index in [0.29, 0.717) is 48.9 Å². The van der Waals surface area contributed by atoms with Crippen molar-refractivity contribution in [3.63, 3.8) is 0 Å². The van der Waals surface area contributed by atoms with Gasteiger partial charge in [0.05, 0.1) is 34.0 Å². The van der Waals surface area contributed by atoms with E-state index in [1.807, 2.05) is 12.1 Å². The van der Waals surface area contributed by atoms with Gasteiger partial charge in [-0.15, -0.1) is 0 Å². The second kappa shape index (κ2) is 10.4. The summed E-state index contributed by atoms with van der Waals surface area (Å²) in [4.78, 5) is 24.7. The Morgan fingerprint density at radius 3 is 2.38 bits per heavy atom. The Morgan fingerprint density at radius 2 is 1.75 bits per heavy atom. The fourth-order valence-corrected chi connectivity index (χ4v) is 4.03. The van der Waals surface area contributed by atoms with Crippen LogP contribution < -0.4 is 29.7 Å². The molecule has 172 valence electrons. The highest BCUT2D eigenvalue weighted by Crippen LogP contribution is 2.50. The lowest BCUT2D eigenvalue weighted by molar-refractivity contribution is -0.119. The van der Waals surface area contributed by atoms with Crippen LogP contribution in [0.3, 0.4) is 0 Å². The molecule has 0 bridgehead atoms. The molecule has 8 heteroatoms. The first-order valence-electron chi connectivity index (χ1n) is 10.3. The van der Waals surface area contributed by atoms with Crippen LogP contribution in [-0.2, 0) is 16.0 Å². The van der Waals surface area contributed by atoms with Gasteiger partial charge < -0.3 is 29.0 Å². The zero-order valence-electron chi connectivity index (χ0n) is 19.1. The molecule has 1 unspecified atom stereocenters. The van der Waals surface area contributed by atoms with Gasteiger partial charge in [-0.1, -0.05) is 6.07 Å². The van der Waals surface area contributed by atoms with Gasteiger partial charge in [-0.2, -0.15) is 0 Å². The van der Waals surface area contributed by atoms with E-state index in [9.17, 15) is 9.59 Å². The number of aryl methyl sites for hydroxylation is 1. The molecule has 0 spiro atoms. The summed E-state index contributed by atoms with van der Waals surface area (Å²) in [5, 5.41) is 2.98. The van der Waals surface area contributed by atoms with Crippen LogP contribution in [0.1, 0.15) is 30.5 Å². The van der Waals surface area contributed by atoms with Gasteiger partial charge in [0.1, 0.15) is 6.61 Å². The molecule has 0 aromatic heterocycles. The summed E-state index contributed by atoms with van der Waals surface area (Å²) in [6, 6.07) is 6.54. The molecule has 1 aliphatic rings. The summed E-state index contributed by atoms with van der Waals surface area (Å²) in [5.41, 5.74) is 2.93. The number of rotatable bonds is 8. The molecule has 0 aliphatic heterocycles. The van der Waals surface area contributed by atoms with Crippen molar-refractivity contribution in [1.29, 1.82) is 0 Å². The number of amides is 1. The van der Waals surface area contributed by atoms with Crippen molar-refractivity contribution in [2.45, 2.75) is 25.8 Å². The third-order valence-electron chi connectivity index (χ3n) is 5.43. The van der Waals surface area contributed by atoms with Crippen molar-refractivity contribution >= 4 is 5.91 Å². The van der Waals surface area contributed by atoms with Gasteiger partial charge in [0.2, 0.25) is 17.1 Å². The summed E-state index contributed by atoms with van der Waals surface area (Å²) >= 11 is 0. The first-order chi connectivity index (χ1) is 15.4. The predicted octanol–water partition coefficient (Wildman–Crippen LogP) is 2.89. The normalized spacial score (nSPS) is 14.5. The van der Waals surface area contributed by atoms with Crippen LogP contribution in [0.2, 0.25) is 0 Å². The molecular formula is C24H29NO7. The zero-order chi connectivity index (χ0) is 23.3.